The van der Waals surface area contributed by atoms with E-state index in [9.17, 15) is 14.4 Å². The van der Waals surface area contributed by atoms with Crippen LogP contribution in [-0.2, 0) is 16.0 Å². The highest BCUT2D eigenvalue weighted by Crippen LogP contribution is 2.36. The van der Waals surface area contributed by atoms with Gasteiger partial charge in [-0.15, -0.1) is 0 Å². The van der Waals surface area contributed by atoms with E-state index >= 15 is 0 Å². The number of carbonyl (C=O) groups is 3. The minimum Gasteiger partial charge on any atom is -0.466 e. The fraction of sp³-hybridized carbons (Fsp3) is 0.348. The molecule has 1 fully saturated rings. The number of rotatable bonds is 6. The zero-order valence-electron chi connectivity index (χ0n) is 16.4. The van der Waals surface area contributed by atoms with E-state index in [1.807, 2.05) is 18.2 Å². The van der Waals surface area contributed by atoms with Crippen molar-refractivity contribution in [3.05, 3.63) is 70.2 Å². The molecular weight excluding hydrogens is 390 g/mol. The van der Waals surface area contributed by atoms with E-state index in [0.717, 1.165) is 11.8 Å². The lowest BCUT2D eigenvalue weighted by Crippen LogP contribution is -2.51. The molecular formula is C23H24ClNO4. The average Bonchev–Trinajstić information content (AvgIpc) is 2.73. The maximum absolute atomic E-state index is 13.0. The van der Waals surface area contributed by atoms with E-state index < -0.39 is 5.41 Å². The van der Waals surface area contributed by atoms with Crippen LogP contribution in [-0.4, -0.2) is 42.8 Å². The first-order chi connectivity index (χ1) is 14.0. The van der Waals surface area contributed by atoms with Gasteiger partial charge in [0.05, 0.1) is 12.0 Å². The number of benzene rings is 2. The molecule has 0 bridgehead atoms. The minimum absolute atomic E-state index is 0.151. The van der Waals surface area contributed by atoms with Crippen molar-refractivity contribution in [1.82, 2.24) is 4.90 Å². The SMILES string of the molecule is CCOC(=O)C1(Cc2cccc(Cl)c2)CCCN(C(=O)c2ccc(C=O)cc2)C1. The Morgan fingerprint density at radius 2 is 1.97 bits per heavy atom. The Hall–Kier alpha value is -2.66. The van der Waals surface area contributed by atoms with Crippen LogP contribution >= 0.6 is 11.6 Å². The van der Waals surface area contributed by atoms with Gasteiger partial charge in [-0.2, -0.15) is 0 Å². The molecule has 152 valence electrons. The number of ether oxygens (including phenoxy) is 1. The van der Waals surface area contributed by atoms with Gasteiger partial charge in [-0.05, 0) is 56.0 Å². The van der Waals surface area contributed by atoms with E-state index in [2.05, 4.69) is 0 Å². The summed E-state index contributed by atoms with van der Waals surface area (Å²) in [6.45, 7) is 2.93. The zero-order valence-corrected chi connectivity index (χ0v) is 17.2. The molecule has 0 spiro atoms. The number of halogens is 1. The number of likely N-dealkylation sites (tertiary alicyclic amines) is 1. The van der Waals surface area contributed by atoms with Gasteiger partial charge in [0.1, 0.15) is 6.29 Å². The molecule has 6 heteroatoms. The van der Waals surface area contributed by atoms with Crippen LogP contribution in [0.3, 0.4) is 0 Å². The molecule has 1 atom stereocenters. The molecule has 0 N–H and O–H groups in total. The van der Waals surface area contributed by atoms with Crippen molar-refractivity contribution >= 4 is 29.8 Å². The number of esters is 1. The van der Waals surface area contributed by atoms with Gasteiger partial charge in [0.15, 0.2) is 0 Å². The van der Waals surface area contributed by atoms with Gasteiger partial charge in [0, 0.05) is 29.2 Å². The number of amides is 1. The van der Waals surface area contributed by atoms with Gasteiger partial charge in [-0.25, -0.2) is 0 Å². The Bertz CT molecular complexity index is 896. The summed E-state index contributed by atoms with van der Waals surface area (Å²) < 4.78 is 5.40. The highest BCUT2D eigenvalue weighted by Gasteiger charge is 2.45. The number of piperidine rings is 1. The standard InChI is InChI=1S/C23H24ClNO4/c1-2-29-22(28)23(14-18-5-3-6-20(24)13-18)11-4-12-25(16-23)21(27)19-9-7-17(15-26)8-10-19/h3,5-10,13,15H,2,4,11-12,14,16H2,1H3. The summed E-state index contributed by atoms with van der Waals surface area (Å²) in [5, 5.41) is 0.612. The van der Waals surface area contributed by atoms with Crippen LogP contribution in [0.2, 0.25) is 5.02 Å². The van der Waals surface area contributed by atoms with Crippen LogP contribution in [0.4, 0.5) is 0 Å². The van der Waals surface area contributed by atoms with Gasteiger partial charge >= 0.3 is 5.97 Å². The fourth-order valence-corrected chi connectivity index (χ4v) is 4.11. The average molecular weight is 414 g/mol. The summed E-state index contributed by atoms with van der Waals surface area (Å²) in [4.78, 5) is 38.6. The van der Waals surface area contributed by atoms with Gasteiger partial charge < -0.3 is 9.64 Å². The number of nitrogens with zero attached hydrogens (tertiary/aromatic N) is 1. The Morgan fingerprint density at radius 1 is 1.21 bits per heavy atom. The summed E-state index contributed by atoms with van der Waals surface area (Å²) in [6, 6.07) is 14.0. The first-order valence-electron chi connectivity index (χ1n) is 9.73. The number of aldehydes is 1. The van der Waals surface area contributed by atoms with E-state index in [0.29, 0.717) is 42.0 Å². The molecule has 29 heavy (non-hydrogen) atoms. The second kappa shape index (κ2) is 9.23. The molecule has 1 heterocycles. The summed E-state index contributed by atoms with van der Waals surface area (Å²) in [5.41, 5.74) is 1.15. The molecule has 5 nitrogen and oxygen atoms in total. The van der Waals surface area contributed by atoms with Gasteiger partial charge in [-0.3, -0.25) is 14.4 Å². The van der Waals surface area contributed by atoms with Crippen LogP contribution in [0.25, 0.3) is 0 Å². The summed E-state index contributed by atoms with van der Waals surface area (Å²) >= 11 is 6.13. The van der Waals surface area contributed by atoms with Crippen molar-refractivity contribution in [2.45, 2.75) is 26.2 Å². The number of hydrogen-bond donors (Lipinski definition) is 0. The van der Waals surface area contributed by atoms with Crippen molar-refractivity contribution in [2.24, 2.45) is 5.41 Å². The molecule has 0 saturated carbocycles. The lowest BCUT2D eigenvalue weighted by Gasteiger charge is -2.41. The molecule has 1 aliphatic rings. The predicted molar refractivity (Wildman–Crippen MR) is 111 cm³/mol. The highest BCUT2D eigenvalue weighted by molar-refractivity contribution is 6.30. The molecule has 0 aliphatic carbocycles. The second-order valence-corrected chi connectivity index (χ2v) is 7.81. The van der Waals surface area contributed by atoms with E-state index in [-0.39, 0.29) is 25.0 Å². The van der Waals surface area contributed by atoms with Crippen LogP contribution in [0, 0.1) is 5.41 Å². The van der Waals surface area contributed by atoms with Crippen molar-refractivity contribution in [3.63, 3.8) is 0 Å². The van der Waals surface area contributed by atoms with Crippen LogP contribution in [0.15, 0.2) is 48.5 Å². The quantitative estimate of drug-likeness (QED) is 0.526. The van der Waals surface area contributed by atoms with Crippen LogP contribution in [0.1, 0.15) is 46.0 Å². The van der Waals surface area contributed by atoms with E-state index in [1.54, 1.807) is 42.2 Å². The Morgan fingerprint density at radius 3 is 2.62 bits per heavy atom. The molecule has 0 radical (unpaired) electrons. The monoisotopic (exact) mass is 413 g/mol. The molecule has 2 aromatic rings. The zero-order chi connectivity index (χ0) is 20.9. The highest BCUT2D eigenvalue weighted by atomic mass is 35.5. The largest absolute Gasteiger partial charge is 0.466 e. The Balaban J connectivity index is 1.86. The van der Waals surface area contributed by atoms with E-state index in [4.69, 9.17) is 16.3 Å². The molecule has 1 amide bonds. The molecule has 3 rings (SSSR count). The third kappa shape index (κ3) is 4.85. The van der Waals surface area contributed by atoms with Gasteiger partial charge in [-0.1, -0.05) is 35.9 Å². The summed E-state index contributed by atoms with van der Waals surface area (Å²) in [7, 11) is 0. The third-order valence-electron chi connectivity index (χ3n) is 5.30. The van der Waals surface area contributed by atoms with Gasteiger partial charge in [0.2, 0.25) is 0 Å². The Kier molecular flexibility index (Phi) is 6.70. The summed E-state index contributed by atoms with van der Waals surface area (Å²) in [5.74, 6) is -0.435. The first-order valence-corrected chi connectivity index (χ1v) is 10.1. The lowest BCUT2D eigenvalue weighted by atomic mass is 9.75. The summed E-state index contributed by atoms with van der Waals surface area (Å²) in [6.07, 6.45) is 2.55. The molecule has 1 unspecified atom stereocenters. The Labute approximate surface area is 175 Å². The lowest BCUT2D eigenvalue weighted by molar-refractivity contribution is -0.158. The van der Waals surface area contributed by atoms with Crippen LogP contribution < -0.4 is 0 Å². The maximum Gasteiger partial charge on any atom is 0.314 e. The smallest absolute Gasteiger partial charge is 0.314 e. The maximum atomic E-state index is 13.0. The molecule has 1 saturated heterocycles. The predicted octanol–water partition coefficient (Wildman–Crippen LogP) is 4.18. The second-order valence-electron chi connectivity index (χ2n) is 7.38. The normalized spacial score (nSPS) is 18.9. The molecule has 1 aliphatic heterocycles. The van der Waals surface area contributed by atoms with Gasteiger partial charge in [0.25, 0.3) is 5.91 Å². The molecule has 2 aromatic carbocycles. The minimum atomic E-state index is -0.808. The first kappa shape index (κ1) is 21.1. The van der Waals surface area contributed by atoms with Crippen molar-refractivity contribution in [2.75, 3.05) is 19.7 Å². The number of carbonyl (C=O) groups excluding carboxylic acids is 3. The van der Waals surface area contributed by atoms with Crippen molar-refractivity contribution in [3.8, 4) is 0 Å². The molecule has 0 aromatic heterocycles. The van der Waals surface area contributed by atoms with E-state index in [1.165, 1.54) is 0 Å². The fourth-order valence-electron chi connectivity index (χ4n) is 3.90. The topological polar surface area (TPSA) is 63.7 Å². The van der Waals surface area contributed by atoms with Crippen molar-refractivity contribution in [1.29, 1.82) is 0 Å². The van der Waals surface area contributed by atoms with Crippen molar-refractivity contribution < 1.29 is 19.1 Å². The van der Waals surface area contributed by atoms with Crippen LogP contribution in [0.5, 0.6) is 0 Å². The third-order valence-corrected chi connectivity index (χ3v) is 5.53. The number of hydrogen-bond acceptors (Lipinski definition) is 4.